The summed E-state index contributed by atoms with van der Waals surface area (Å²) < 4.78 is 5.11. The van der Waals surface area contributed by atoms with E-state index in [1.165, 1.54) is 0 Å². The fourth-order valence-corrected chi connectivity index (χ4v) is 1.82. The zero-order valence-corrected chi connectivity index (χ0v) is 11.3. The Kier molecular flexibility index (Phi) is 6.40. The lowest BCUT2D eigenvalue weighted by Crippen LogP contribution is -2.32. The maximum atomic E-state index is 11.5. The zero-order chi connectivity index (χ0) is 12.7. The lowest BCUT2D eigenvalue weighted by Gasteiger charge is -2.10. The monoisotopic (exact) mass is 273 g/mol. The topological polar surface area (TPSA) is 52.3 Å². The van der Waals surface area contributed by atoms with Gasteiger partial charge >= 0.3 is 5.97 Å². The van der Waals surface area contributed by atoms with E-state index in [4.69, 9.17) is 22.1 Å². The molecule has 3 nitrogen and oxygen atoms in total. The lowest BCUT2D eigenvalue weighted by molar-refractivity contribution is -0.146. The van der Waals surface area contributed by atoms with Gasteiger partial charge in [0.15, 0.2) is 0 Å². The highest BCUT2D eigenvalue weighted by molar-refractivity contribution is 7.98. The van der Waals surface area contributed by atoms with Gasteiger partial charge in [-0.25, -0.2) is 0 Å². The van der Waals surface area contributed by atoms with Crippen molar-refractivity contribution in [3.05, 3.63) is 34.9 Å². The molecule has 0 aromatic heterocycles. The third-order valence-electron chi connectivity index (χ3n) is 2.23. The van der Waals surface area contributed by atoms with E-state index in [9.17, 15) is 4.79 Å². The average Bonchev–Trinajstić information content (AvgIpc) is 2.34. The van der Waals surface area contributed by atoms with Gasteiger partial charge in [-0.1, -0.05) is 23.7 Å². The van der Waals surface area contributed by atoms with E-state index in [1.54, 1.807) is 23.9 Å². The minimum Gasteiger partial charge on any atom is -0.460 e. The maximum absolute atomic E-state index is 11.5. The van der Waals surface area contributed by atoms with Crippen molar-refractivity contribution in [1.82, 2.24) is 0 Å². The van der Waals surface area contributed by atoms with Gasteiger partial charge in [-0.05, 0) is 36.1 Å². The van der Waals surface area contributed by atoms with E-state index in [0.29, 0.717) is 11.4 Å². The Morgan fingerprint density at radius 3 is 2.71 bits per heavy atom. The smallest absolute Gasteiger partial charge is 0.323 e. The Morgan fingerprint density at radius 1 is 1.47 bits per heavy atom. The van der Waals surface area contributed by atoms with E-state index in [-0.39, 0.29) is 12.6 Å². The normalized spacial score (nSPS) is 12.2. The van der Waals surface area contributed by atoms with Crippen molar-refractivity contribution in [3.63, 3.8) is 0 Å². The van der Waals surface area contributed by atoms with Gasteiger partial charge in [0.2, 0.25) is 0 Å². The molecule has 1 aromatic rings. The minimum absolute atomic E-state index is 0.239. The molecule has 1 atom stereocenters. The molecule has 0 fully saturated rings. The highest BCUT2D eigenvalue weighted by Gasteiger charge is 2.14. The van der Waals surface area contributed by atoms with Gasteiger partial charge in [0.05, 0.1) is 0 Å². The van der Waals surface area contributed by atoms with Crippen LogP contribution in [-0.4, -0.2) is 24.0 Å². The van der Waals surface area contributed by atoms with Gasteiger partial charge in [-0.15, -0.1) is 0 Å². The van der Waals surface area contributed by atoms with E-state index < -0.39 is 6.04 Å². The summed E-state index contributed by atoms with van der Waals surface area (Å²) in [5.41, 5.74) is 6.59. The van der Waals surface area contributed by atoms with Gasteiger partial charge in [0, 0.05) is 5.02 Å². The molecule has 0 aliphatic rings. The van der Waals surface area contributed by atoms with Gasteiger partial charge in [-0.3, -0.25) is 4.79 Å². The van der Waals surface area contributed by atoms with Gasteiger partial charge in [0.25, 0.3) is 0 Å². The van der Waals surface area contributed by atoms with Crippen LogP contribution >= 0.6 is 23.4 Å². The molecule has 94 valence electrons. The Morgan fingerprint density at radius 2 is 2.12 bits per heavy atom. The second-order valence-electron chi connectivity index (χ2n) is 3.62. The fourth-order valence-electron chi connectivity index (χ4n) is 1.20. The molecule has 0 radical (unpaired) electrons. The molecule has 0 aliphatic heterocycles. The first-order valence-electron chi connectivity index (χ1n) is 5.29. The Balaban J connectivity index is 2.34. The van der Waals surface area contributed by atoms with Crippen LogP contribution in [0, 0.1) is 0 Å². The van der Waals surface area contributed by atoms with E-state index in [1.807, 2.05) is 18.4 Å². The molecule has 5 heteroatoms. The van der Waals surface area contributed by atoms with Crippen molar-refractivity contribution in [1.29, 1.82) is 0 Å². The molecule has 0 saturated heterocycles. The fraction of sp³-hybridized carbons (Fsp3) is 0.417. The van der Waals surface area contributed by atoms with E-state index in [2.05, 4.69) is 0 Å². The molecule has 0 amide bonds. The van der Waals surface area contributed by atoms with Gasteiger partial charge in [0.1, 0.15) is 12.6 Å². The van der Waals surface area contributed by atoms with Crippen molar-refractivity contribution < 1.29 is 9.53 Å². The third kappa shape index (κ3) is 5.44. The van der Waals surface area contributed by atoms with Crippen molar-refractivity contribution in [2.75, 3.05) is 12.0 Å². The molecule has 0 spiro atoms. The van der Waals surface area contributed by atoms with Crippen molar-refractivity contribution >= 4 is 29.3 Å². The number of rotatable bonds is 6. The lowest BCUT2D eigenvalue weighted by atomic mass is 10.2. The summed E-state index contributed by atoms with van der Waals surface area (Å²) in [4.78, 5) is 11.5. The standard InChI is InChI=1S/C12H16ClNO2S/c1-17-7-6-11(14)12(15)16-8-9-2-4-10(13)5-3-9/h2-5,11H,6-8,14H2,1H3/t11-/m1/s1. The first-order valence-corrected chi connectivity index (χ1v) is 7.06. The predicted octanol–water partition coefficient (Wildman–Crippen LogP) is 2.46. The molecule has 0 aliphatic carbocycles. The van der Waals surface area contributed by atoms with E-state index in [0.717, 1.165) is 11.3 Å². The molecule has 1 rings (SSSR count). The first-order chi connectivity index (χ1) is 8.13. The van der Waals surface area contributed by atoms with Crippen LogP contribution in [0.15, 0.2) is 24.3 Å². The predicted molar refractivity (Wildman–Crippen MR) is 72.2 cm³/mol. The molecular formula is C12H16ClNO2S. The first kappa shape index (κ1) is 14.4. The molecule has 17 heavy (non-hydrogen) atoms. The molecule has 0 saturated carbocycles. The largest absolute Gasteiger partial charge is 0.460 e. The van der Waals surface area contributed by atoms with Crippen molar-refractivity contribution in [2.24, 2.45) is 5.73 Å². The quantitative estimate of drug-likeness (QED) is 0.809. The van der Waals surface area contributed by atoms with E-state index >= 15 is 0 Å². The third-order valence-corrected chi connectivity index (χ3v) is 3.13. The number of ether oxygens (including phenoxy) is 1. The molecule has 0 unspecified atom stereocenters. The highest BCUT2D eigenvalue weighted by Crippen LogP contribution is 2.10. The van der Waals surface area contributed by atoms with Crippen LogP contribution in [0.4, 0.5) is 0 Å². The minimum atomic E-state index is -0.533. The Bertz CT molecular complexity index is 356. The number of esters is 1. The SMILES string of the molecule is CSCC[C@@H](N)C(=O)OCc1ccc(Cl)cc1. The second kappa shape index (κ2) is 7.58. The maximum Gasteiger partial charge on any atom is 0.323 e. The molecule has 0 heterocycles. The molecular weight excluding hydrogens is 258 g/mol. The summed E-state index contributed by atoms with van der Waals surface area (Å²) >= 11 is 7.41. The molecule has 2 N–H and O–H groups in total. The van der Waals surface area contributed by atoms with Crippen molar-refractivity contribution in [2.45, 2.75) is 19.1 Å². The number of thioether (sulfide) groups is 1. The zero-order valence-electron chi connectivity index (χ0n) is 9.69. The van der Waals surface area contributed by atoms with Crippen molar-refractivity contribution in [3.8, 4) is 0 Å². The number of carbonyl (C=O) groups is 1. The average molecular weight is 274 g/mol. The van der Waals surface area contributed by atoms with Gasteiger partial charge < -0.3 is 10.5 Å². The summed E-state index contributed by atoms with van der Waals surface area (Å²) in [6.45, 7) is 0.239. The second-order valence-corrected chi connectivity index (χ2v) is 5.04. The summed E-state index contributed by atoms with van der Waals surface area (Å²) in [6.07, 6.45) is 2.62. The number of carbonyl (C=O) groups excluding carboxylic acids is 1. The number of hydrogen-bond donors (Lipinski definition) is 1. The number of hydrogen-bond acceptors (Lipinski definition) is 4. The van der Waals surface area contributed by atoms with Gasteiger partial charge in [-0.2, -0.15) is 11.8 Å². The molecule has 1 aromatic carbocycles. The number of halogens is 1. The summed E-state index contributed by atoms with van der Waals surface area (Å²) in [7, 11) is 0. The Hall–Kier alpha value is -0.710. The number of benzene rings is 1. The van der Waals surface area contributed by atoms with Crippen LogP contribution < -0.4 is 5.73 Å². The van der Waals surface area contributed by atoms with Crippen LogP contribution in [-0.2, 0) is 16.1 Å². The summed E-state index contributed by atoms with van der Waals surface area (Å²) in [5.74, 6) is 0.506. The van der Waals surface area contributed by atoms with Crippen LogP contribution in [0.5, 0.6) is 0 Å². The summed E-state index contributed by atoms with van der Waals surface area (Å²) in [5, 5.41) is 0.664. The van der Waals surface area contributed by atoms with Crippen LogP contribution in [0.2, 0.25) is 5.02 Å². The highest BCUT2D eigenvalue weighted by atomic mass is 35.5. The Labute approximate surface area is 111 Å². The van der Waals surface area contributed by atoms with Crippen LogP contribution in [0.3, 0.4) is 0 Å². The summed E-state index contributed by atoms with van der Waals surface area (Å²) in [6, 6.07) is 6.64. The molecule has 0 bridgehead atoms. The van der Waals surface area contributed by atoms with Crippen LogP contribution in [0.1, 0.15) is 12.0 Å². The van der Waals surface area contributed by atoms with Crippen LogP contribution in [0.25, 0.3) is 0 Å². The number of nitrogens with two attached hydrogens (primary N) is 1.